The summed E-state index contributed by atoms with van der Waals surface area (Å²) in [5.41, 5.74) is 5.50. The number of piperidine rings is 1. The molecule has 1 heterocycles. The number of hydrogen-bond acceptors (Lipinski definition) is 5. The molecular weight excluding hydrogens is 270 g/mol. The van der Waals surface area contributed by atoms with E-state index in [1.54, 1.807) is 0 Å². The summed E-state index contributed by atoms with van der Waals surface area (Å²) in [6.07, 6.45) is 1.21. The van der Waals surface area contributed by atoms with Crippen molar-refractivity contribution >= 4 is 15.7 Å². The second-order valence-corrected chi connectivity index (χ2v) is 6.43. The Morgan fingerprint density at radius 3 is 2.53 bits per heavy atom. The molecule has 0 atom stereocenters. The number of sulfonamides is 1. The van der Waals surface area contributed by atoms with Crippen LogP contribution in [0.1, 0.15) is 12.8 Å². The molecule has 7 nitrogen and oxygen atoms in total. The van der Waals surface area contributed by atoms with Crippen LogP contribution in [0.3, 0.4) is 0 Å². The van der Waals surface area contributed by atoms with Gasteiger partial charge in [0.05, 0.1) is 9.82 Å². The molecule has 1 aromatic carbocycles. The highest BCUT2D eigenvalue weighted by Gasteiger charge is 2.29. The molecule has 0 unspecified atom stereocenters. The average molecular weight is 285 g/mol. The minimum absolute atomic E-state index is 0.0246. The van der Waals surface area contributed by atoms with Gasteiger partial charge in [0.15, 0.2) is 0 Å². The lowest BCUT2D eigenvalue weighted by Crippen LogP contribution is -2.42. The largest absolute Gasteiger partial charge is 0.328 e. The zero-order valence-electron chi connectivity index (χ0n) is 10.2. The summed E-state index contributed by atoms with van der Waals surface area (Å²) in [7, 11) is -3.67. The van der Waals surface area contributed by atoms with E-state index in [-0.39, 0.29) is 16.6 Å². The van der Waals surface area contributed by atoms with E-state index >= 15 is 0 Å². The van der Waals surface area contributed by atoms with Gasteiger partial charge in [-0.15, -0.1) is 0 Å². The SMILES string of the molecule is NC1CCN(S(=O)(=O)c2cccc([N+](=O)[O-])c2)CC1. The predicted molar refractivity (Wildman–Crippen MR) is 69.1 cm³/mol. The summed E-state index contributed by atoms with van der Waals surface area (Å²) in [5.74, 6) is 0. The molecule has 2 rings (SSSR count). The van der Waals surface area contributed by atoms with Gasteiger partial charge in [0, 0.05) is 31.3 Å². The van der Waals surface area contributed by atoms with Crippen molar-refractivity contribution in [1.29, 1.82) is 0 Å². The number of nitrogens with two attached hydrogens (primary N) is 1. The maximum atomic E-state index is 12.3. The van der Waals surface area contributed by atoms with Crippen molar-refractivity contribution in [3.63, 3.8) is 0 Å². The van der Waals surface area contributed by atoms with Gasteiger partial charge in [-0.1, -0.05) is 6.07 Å². The molecule has 0 saturated carbocycles. The summed E-state index contributed by atoms with van der Waals surface area (Å²) in [5, 5.41) is 10.7. The molecular formula is C11H15N3O4S. The Morgan fingerprint density at radius 2 is 1.95 bits per heavy atom. The van der Waals surface area contributed by atoms with Crippen molar-refractivity contribution in [2.45, 2.75) is 23.8 Å². The number of nitrogens with zero attached hydrogens (tertiary/aromatic N) is 2. The second-order valence-electron chi connectivity index (χ2n) is 4.50. The lowest BCUT2D eigenvalue weighted by atomic mass is 10.1. The first-order valence-corrected chi connectivity index (χ1v) is 7.35. The van der Waals surface area contributed by atoms with Crippen LogP contribution in [0.25, 0.3) is 0 Å². The first-order chi connectivity index (χ1) is 8.91. The van der Waals surface area contributed by atoms with Gasteiger partial charge in [-0.05, 0) is 18.9 Å². The number of rotatable bonds is 3. The fraction of sp³-hybridized carbons (Fsp3) is 0.455. The molecule has 0 spiro atoms. The number of benzene rings is 1. The van der Waals surface area contributed by atoms with Gasteiger partial charge in [0.1, 0.15) is 0 Å². The third-order valence-corrected chi connectivity index (χ3v) is 5.06. The van der Waals surface area contributed by atoms with Crippen LogP contribution in [-0.4, -0.2) is 36.8 Å². The van der Waals surface area contributed by atoms with Crippen LogP contribution >= 0.6 is 0 Å². The van der Waals surface area contributed by atoms with Crippen molar-refractivity contribution in [3.05, 3.63) is 34.4 Å². The molecule has 0 radical (unpaired) electrons. The number of nitro groups is 1. The van der Waals surface area contributed by atoms with Gasteiger partial charge in [0.2, 0.25) is 10.0 Å². The van der Waals surface area contributed by atoms with Gasteiger partial charge >= 0.3 is 0 Å². The van der Waals surface area contributed by atoms with Crippen molar-refractivity contribution in [1.82, 2.24) is 4.31 Å². The van der Waals surface area contributed by atoms with Gasteiger partial charge in [-0.2, -0.15) is 4.31 Å². The Kier molecular flexibility index (Phi) is 3.83. The summed E-state index contributed by atoms with van der Waals surface area (Å²) in [4.78, 5) is 10.0. The Hall–Kier alpha value is -1.51. The van der Waals surface area contributed by atoms with Gasteiger partial charge in [0.25, 0.3) is 5.69 Å². The van der Waals surface area contributed by atoms with E-state index in [4.69, 9.17) is 5.73 Å². The van der Waals surface area contributed by atoms with E-state index in [0.29, 0.717) is 25.9 Å². The van der Waals surface area contributed by atoms with E-state index < -0.39 is 14.9 Å². The van der Waals surface area contributed by atoms with Crippen molar-refractivity contribution in [2.75, 3.05) is 13.1 Å². The summed E-state index contributed by atoms with van der Waals surface area (Å²) in [6, 6.07) is 5.13. The number of nitro benzene ring substituents is 1. The summed E-state index contributed by atoms with van der Waals surface area (Å²) < 4.78 is 26.0. The molecule has 0 amide bonds. The molecule has 1 saturated heterocycles. The number of non-ortho nitro benzene ring substituents is 1. The normalized spacial score (nSPS) is 18.4. The Labute approximate surface area is 111 Å². The highest BCUT2D eigenvalue weighted by atomic mass is 32.2. The van der Waals surface area contributed by atoms with Crippen LogP contribution in [0.2, 0.25) is 0 Å². The standard InChI is InChI=1S/C11H15N3O4S/c12-9-4-6-13(7-5-9)19(17,18)11-3-1-2-10(8-11)14(15)16/h1-3,8-9H,4-7,12H2. The zero-order chi connectivity index (χ0) is 14.0. The zero-order valence-corrected chi connectivity index (χ0v) is 11.0. The maximum absolute atomic E-state index is 12.3. The minimum atomic E-state index is -3.67. The van der Waals surface area contributed by atoms with Crippen LogP contribution < -0.4 is 5.73 Å². The molecule has 1 aliphatic rings. The molecule has 19 heavy (non-hydrogen) atoms. The monoisotopic (exact) mass is 285 g/mol. The molecule has 1 fully saturated rings. The van der Waals surface area contributed by atoms with Crippen LogP contribution in [0.4, 0.5) is 5.69 Å². The minimum Gasteiger partial charge on any atom is -0.328 e. The highest BCUT2D eigenvalue weighted by Crippen LogP contribution is 2.23. The number of hydrogen-bond donors (Lipinski definition) is 1. The highest BCUT2D eigenvalue weighted by molar-refractivity contribution is 7.89. The molecule has 8 heteroatoms. The van der Waals surface area contributed by atoms with E-state index in [9.17, 15) is 18.5 Å². The lowest BCUT2D eigenvalue weighted by Gasteiger charge is -2.29. The van der Waals surface area contributed by atoms with E-state index in [1.165, 1.54) is 22.5 Å². The molecule has 1 aliphatic heterocycles. The van der Waals surface area contributed by atoms with Crippen molar-refractivity contribution < 1.29 is 13.3 Å². The van der Waals surface area contributed by atoms with Crippen LogP contribution in [0, 0.1) is 10.1 Å². The first kappa shape index (κ1) is 13.9. The molecule has 1 aromatic rings. The quantitative estimate of drug-likeness (QED) is 0.650. The molecule has 2 N–H and O–H groups in total. The molecule has 0 aliphatic carbocycles. The maximum Gasteiger partial charge on any atom is 0.270 e. The molecule has 0 aromatic heterocycles. The first-order valence-electron chi connectivity index (χ1n) is 5.91. The van der Waals surface area contributed by atoms with E-state index in [2.05, 4.69) is 0 Å². The Morgan fingerprint density at radius 1 is 1.32 bits per heavy atom. The second kappa shape index (κ2) is 5.24. The third kappa shape index (κ3) is 2.91. The van der Waals surface area contributed by atoms with Gasteiger partial charge in [-0.25, -0.2) is 8.42 Å². The Balaban J connectivity index is 2.29. The summed E-state index contributed by atoms with van der Waals surface area (Å²) in [6.45, 7) is 0.707. The molecule has 0 bridgehead atoms. The van der Waals surface area contributed by atoms with E-state index in [0.717, 1.165) is 6.07 Å². The van der Waals surface area contributed by atoms with Crippen LogP contribution in [0.15, 0.2) is 29.2 Å². The van der Waals surface area contributed by atoms with Crippen molar-refractivity contribution in [3.8, 4) is 0 Å². The third-order valence-electron chi connectivity index (χ3n) is 3.16. The fourth-order valence-electron chi connectivity index (χ4n) is 2.02. The van der Waals surface area contributed by atoms with Crippen LogP contribution in [0.5, 0.6) is 0 Å². The average Bonchev–Trinajstić information content (AvgIpc) is 2.39. The smallest absolute Gasteiger partial charge is 0.270 e. The van der Waals surface area contributed by atoms with Gasteiger partial charge in [-0.3, -0.25) is 10.1 Å². The lowest BCUT2D eigenvalue weighted by molar-refractivity contribution is -0.385. The Bertz CT molecular complexity index is 579. The molecule has 104 valence electrons. The topological polar surface area (TPSA) is 107 Å². The summed E-state index contributed by atoms with van der Waals surface area (Å²) >= 11 is 0. The van der Waals surface area contributed by atoms with E-state index in [1.807, 2.05) is 0 Å². The van der Waals surface area contributed by atoms with Gasteiger partial charge < -0.3 is 5.73 Å². The predicted octanol–water partition coefficient (Wildman–Crippen LogP) is 0.707. The van der Waals surface area contributed by atoms with Crippen LogP contribution in [-0.2, 0) is 10.0 Å². The fourth-order valence-corrected chi connectivity index (χ4v) is 3.53. The van der Waals surface area contributed by atoms with Crippen molar-refractivity contribution in [2.24, 2.45) is 5.73 Å².